The van der Waals surface area contributed by atoms with E-state index in [4.69, 9.17) is 5.73 Å². The van der Waals surface area contributed by atoms with Crippen LogP contribution in [0.5, 0.6) is 0 Å². The van der Waals surface area contributed by atoms with Crippen LogP contribution in [-0.2, 0) is 0 Å². The van der Waals surface area contributed by atoms with Gasteiger partial charge in [-0.15, -0.1) is 0 Å². The summed E-state index contributed by atoms with van der Waals surface area (Å²) in [7, 11) is 0. The molecule has 0 radical (unpaired) electrons. The third-order valence-corrected chi connectivity index (χ3v) is 2.59. The van der Waals surface area contributed by atoms with Gasteiger partial charge in [-0.3, -0.25) is 0 Å². The highest BCUT2D eigenvalue weighted by Gasteiger charge is 1.99. The molecule has 3 heteroatoms. The first kappa shape index (κ1) is 10.6. The van der Waals surface area contributed by atoms with Crippen molar-refractivity contribution in [3.63, 3.8) is 0 Å². The molecule has 0 bridgehead atoms. The van der Waals surface area contributed by atoms with Crippen LogP contribution in [0.3, 0.4) is 0 Å². The number of nitrogens with one attached hydrogen (secondary N) is 1. The molecule has 0 amide bonds. The molecule has 1 aromatic carbocycles. The van der Waals surface area contributed by atoms with E-state index < -0.39 is 0 Å². The predicted octanol–water partition coefficient (Wildman–Crippen LogP) is 2.94. The Morgan fingerprint density at radius 2 is 2.15 bits per heavy atom. The van der Waals surface area contributed by atoms with Crippen LogP contribution in [0.25, 0.3) is 0 Å². The van der Waals surface area contributed by atoms with Crippen LogP contribution in [0.2, 0.25) is 0 Å². The van der Waals surface area contributed by atoms with E-state index in [0.717, 1.165) is 12.2 Å². The van der Waals surface area contributed by atoms with Crippen LogP contribution in [0.4, 0.5) is 11.4 Å². The Hall–Kier alpha value is -0.450. The molecule has 1 rings (SSSR count). The first-order valence-electron chi connectivity index (χ1n) is 4.38. The maximum absolute atomic E-state index is 5.65. The molecule has 0 aliphatic rings. The minimum atomic E-state index is 0.661. The van der Waals surface area contributed by atoms with Gasteiger partial charge < -0.3 is 11.1 Å². The third kappa shape index (κ3) is 3.42. The summed E-state index contributed by atoms with van der Waals surface area (Å²) < 4.78 is 1.18. The highest BCUT2D eigenvalue weighted by atomic mass is 127. The molecule has 3 N–H and O–H groups in total. The lowest BCUT2D eigenvalue weighted by Crippen LogP contribution is -2.08. The standard InChI is InChI=1S/C10H15IN2/c1-7(2)6-13-10-4-3-8(12)5-9(10)11/h3-5,7,13H,6,12H2,1-2H3. The van der Waals surface area contributed by atoms with Gasteiger partial charge in [-0.05, 0) is 46.7 Å². The lowest BCUT2D eigenvalue weighted by Gasteiger charge is -2.10. The number of nitrogen functional groups attached to an aromatic ring is 1. The van der Waals surface area contributed by atoms with Crippen molar-refractivity contribution < 1.29 is 0 Å². The van der Waals surface area contributed by atoms with E-state index in [9.17, 15) is 0 Å². The molecule has 0 aromatic heterocycles. The number of hydrogen-bond acceptors (Lipinski definition) is 2. The second kappa shape index (κ2) is 4.69. The quantitative estimate of drug-likeness (QED) is 0.663. The lowest BCUT2D eigenvalue weighted by atomic mass is 10.2. The first-order valence-corrected chi connectivity index (χ1v) is 5.46. The molecule has 0 fully saturated rings. The molecule has 1 aromatic rings. The number of benzene rings is 1. The van der Waals surface area contributed by atoms with Crippen LogP contribution in [0, 0.1) is 9.49 Å². The van der Waals surface area contributed by atoms with Gasteiger partial charge in [0.15, 0.2) is 0 Å². The topological polar surface area (TPSA) is 38.0 Å². The molecule has 72 valence electrons. The van der Waals surface area contributed by atoms with Gasteiger partial charge in [0.1, 0.15) is 0 Å². The maximum atomic E-state index is 5.65. The largest absolute Gasteiger partial charge is 0.399 e. The molecule has 2 nitrogen and oxygen atoms in total. The van der Waals surface area contributed by atoms with Crippen molar-refractivity contribution in [3.8, 4) is 0 Å². The molecule has 0 aliphatic heterocycles. The Kier molecular flexibility index (Phi) is 3.84. The van der Waals surface area contributed by atoms with Gasteiger partial charge in [-0.2, -0.15) is 0 Å². The van der Waals surface area contributed by atoms with Gasteiger partial charge in [0.2, 0.25) is 0 Å². The monoisotopic (exact) mass is 290 g/mol. The molecule has 0 atom stereocenters. The fourth-order valence-corrected chi connectivity index (χ4v) is 1.72. The van der Waals surface area contributed by atoms with E-state index in [-0.39, 0.29) is 0 Å². The highest BCUT2D eigenvalue weighted by Crippen LogP contribution is 2.20. The fourth-order valence-electron chi connectivity index (χ4n) is 0.989. The summed E-state index contributed by atoms with van der Waals surface area (Å²) in [4.78, 5) is 0. The van der Waals surface area contributed by atoms with E-state index in [0.29, 0.717) is 5.92 Å². The second-order valence-electron chi connectivity index (χ2n) is 3.51. The number of hydrogen-bond donors (Lipinski definition) is 2. The van der Waals surface area contributed by atoms with Crippen molar-refractivity contribution in [2.75, 3.05) is 17.6 Å². The molecule has 0 unspecified atom stereocenters. The van der Waals surface area contributed by atoms with E-state index >= 15 is 0 Å². The highest BCUT2D eigenvalue weighted by molar-refractivity contribution is 14.1. The van der Waals surface area contributed by atoms with Crippen LogP contribution < -0.4 is 11.1 Å². The Morgan fingerprint density at radius 1 is 1.46 bits per heavy atom. The number of rotatable bonds is 3. The first-order chi connectivity index (χ1) is 6.09. The van der Waals surface area contributed by atoms with Crippen LogP contribution in [0.15, 0.2) is 18.2 Å². The van der Waals surface area contributed by atoms with E-state index in [1.165, 1.54) is 9.26 Å². The Morgan fingerprint density at radius 3 is 2.69 bits per heavy atom. The van der Waals surface area contributed by atoms with Gasteiger partial charge >= 0.3 is 0 Å². The van der Waals surface area contributed by atoms with E-state index in [1.807, 2.05) is 18.2 Å². The number of halogens is 1. The summed E-state index contributed by atoms with van der Waals surface area (Å²) in [6.45, 7) is 5.38. The molecular weight excluding hydrogens is 275 g/mol. The minimum Gasteiger partial charge on any atom is -0.399 e. The van der Waals surface area contributed by atoms with Crippen LogP contribution in [-0.4, -0.2) is 6.54 Å². The molecule has 0 heterocycles. The summed E-state index contributed by atoms with van der Waals surface area (Å²) in [5.41, 5.74) is 7.64. The van der Waals surface area contributed by atoms with E-state index in [1.54, 1.807) is 0 Å². The van der Waals surface area contributed by atoms with Gasteiger partial charge in [0.25, 0.3) is 0 Å². The summed E-state index contributed by atoms with van der Waals surface area (Å²) >= 11 is 2.29. The minimum absolute atomic E-state index is 0.661. The zero-order chi connectivity index (χ0) is 9.84. The molecule has 0 spiro atoms. The average molecular weight is 290 g/mol. The van der Waals surface area contributed by atoms with Gasteiger partial charge in [0, 0.05) is 21.5 Å². The van der Waals surface area contributed by atoms with Crippen molar-refractivity contribution in [2.24, 2.45) is 5.92 Å². The zero-order valence-electron chi connectivity index (χ0n) is 7.97. The van der Waals surface area contributed by atoms with Crippen molar-refractivity contribution >= 4 is 34.0 Å². The average Bonchev–Trinajstić information content (AvgIpc) is 2.02. The molecular formula is C10H15IN2. The van der Waals surface area contributed by atoms with Crippen molar-refractivity contribution in [2.45, 2.75) is 13.8 Å². The summed E-state index contributed by atoms with van der Waals surface area (Å²) in [5, 5.41) is 3.38. The summed E-state index contributed by atoms with van der Waals surface area (Å²) in [6, 6.07) is 5.92. The summed E-state index contributed by atoms with van der Waals surface area (Å²) in [6.07, 6.45) is 0. The number of anilines is 2. The zero-order valence-corrected chi connectivity index (χ0v) is 10.1. The smallest absolute Gasteiger partial charge is 0.0477 e. The predicted molar refractivity (Wildman–Crippen MR) is 66.9 cm³/mol. The second-order valence-corrected chi connectivity index (χ2v) is 4.68. The molecule has 13 heavy (non-hydrogen) atoms. The van der Waals surface area contributed by atoms with Gasteiger partial charge in [-0.25, -0.2) is 0 Å². The lowest BCUT2D eigenvalue weighted by molar-refractivity contribution is 0.688. The normalized spacial score (nSPS) is 10.5. The maximum Gasteiger partial charge on any atom is 0.0477 e. The van der Waals surface area contributed by atoms with Gasteiger partial charge in [0.05, 0.1) is 0 Å². The molecule has 0 saturated carbocycles. The molecule has 0 saturated heterocycles. The third-order valence-electron chi connectivity index (χ3n) is 1.69. The van der Waals surface area contributed by atoms with Crippen molar-refractivity contribution in [1.29, 1.82) is 0 Å². The van der Waals surface area contributed by atoms with Gasteiger partial charge in [-0.1, -0.05) is 13.8 Å². The van der Waals surface area contributed by atoms with Crippen molar-refractivity contribution in [3.05, 3.63) is 21.8 Å². The Balaban J connectivity index is 2.67. The van der Waals surface area contributed by atoms with Crippen molar-refractivity contribution in [1.82, 2.24) is 0 Å². The Labute approximate surface area is 93.0 Å². The summed E-state index contributed by atoms with van der Waals surface area (Å²) in [5.74, 6) is 0.661. The van der Waals surface area contributed by atoms with Crippen LogP contribution >= 0.6 is 22.6 Å². The molecule has 0 aliphatic carbocycles. The van der Waals surface area contributed by atoms with Crippen LogP contribution in [0.1, 0.15) is 13.8 Å². The Bertz CT molecular complexity index is 284. The fraction of sp³-hybridized carbons (Fsp3) is 0.400. The van der Waals surface area contributed by atoms with E-state index in [2.05, 4.69) is 41.8 Å². The number of nitrogens with two attached hydrogens (primary N) is 1. The SMILES string of the molecule is CC(C)CNc1ccc(N)cc1I.